The largest absolute Gasteiger partial charge is 0.491 e. The molecule has 1 aromatic rings. The zero-order chi connectivity index (χ0) is 16.9. The summed E-state index contributed by atoms with van der Waals surface area (Å²) in [4.78, 5) is 12.6. The number of para-hydroxylation sites is 1. The van der Waals surface area contributed by atoms with E-state index in [1.807, 2.05) is 39.0 Å². The Hall–Kier alpha value is -1.30. The van der Waals surface area contributed by atoms with E-state index in [1.165, 1.54) is 0 Å². The minimum atomic E-state index is -0.495. The van der Waals surface area contributed by atoms with Gasteiger partial charge in [0.1, 0.15) is 12.4 Å². The van der Waals surface area contributed by atoms with Gasteiger partial charge in [0.05, 0.1) is 11.5 Å². The van der Waals surface area contributed by atoms with Crippen LogP contribution < -0.4 is 15.8 Å². The normalized spacial score (nSPS) is 17.5. The number of nitrogens with two attached hydrogens (primary N) is 1. The lowest BCUT2D eigenvalue weighted by Crippen LogP contribution is -2.52. The van der Waals surface area contributed by atoms with E-state index in [-0.39, 0.29) is 24.4 Å². The quantitative estimate of drug-likeness (QED) is 0.820. The molecular formula is C18H29ClN2O3. The molecule has 0 aliphatic carbocycles. The maximum atomic E-state index is 12.6. The number of hydrogen-bond acceptors (Lipinski definition) is 4. The number of carbonyl (C=O) groups excluding carboxylic acids is 1. The van der Waals surface area contributed by atoms with Gasteiger partial charge in [0.2, 0.25) is 5.91 Å². The van der Waals surface area contributed by atoms with Crippen molar-refractivity contribution < 1.29 is 14.3 Å². The van der Waals surface area contributed by atoms with Gasteiger partial charge in [-0.1, -0.05) is 18.2 Å². The number of nitrogens with one attached hydrogen (secondary N) is 1. The van der Waals surface area contributed by atoms with Crippen molar-refractivity contribution in [3.8, 4) is 5.75 Å². The summed E-state index contributed by atoms with van der Waals surface area (Å²) in [6.07, 6.45) is 1.36. The van der Waals surface area contributed by atoms with Crippen molar-refractivity contribution in [2.24, 2.45) is 11.1 Å². The lowest BCUT2D eigenvalue weighted by atomic mass is 9.79. The van der Waals surface area contributed by atoms with Crippen molar-refractivity contribution in [2.45, 2.75) is 39.7 Å². The first-order valence-corrected chi connectivity index (χ1v) is 8.26. The lowest BCUT2D eigenvalue weighted by molar-refractivity contribution is -0.136. The van der Waals surface area contributed by atoms with Gasteiger partial charge in [0.15, 0.2) is 0 Å². The fourth-order valence-electron chi connectivity index (χ4n) is 2.94. The summed E-state index contributed by atoms with van der Waals surface area (Å²) < 4.78 is 11.3. The van der Waals surface area contributed by atoms with Crippen LogP contribution in [0.15, 0.2) is 18.2 Å². The van der Waals surface area contributed by atoms with E-state index in [0.29, 0.717) is 39.2 Å². The van der Waals surface area contributed by atoms with Gasteiger partial charge in [-0.3, -0.25) is 4.79 Å². The average molecular weight is 357 g/mol. The molecule has 1 saturated heterocycles. The number of aryl methyl sites for hydroxylation is 2. The number of rotatable bonds is 6. The molecule has 1 aromatic carbocycles. The second-order valence-corrected chi connectivity index (χ2v) is 6.50. The molecule has 1 unspecified atom stereocenters. The molecule has 1 fully saturated rings. The third-order valence-corrected chi connectivity index (χ3v) is 4.59. The SMILES string of the molecule is Cc1cccc(C)c1OCC(C)NC(=O)C1(CN)CCOCC1.Cl. The van der Waals surface area contributed by atoms with E-state index in [1.54, 1.807) is 0 Å². The second-order valence-electron chi connectivity index (χ2n) is 6.50. The monoisotopic (exact) mass is 356 g/mol. The second kappa shape index (κ2) is 9.25. The minimum Gasteiger partial charge on any atom is -0.491 e. The molecule has 0 aromatic heterocycles. The van der Waals surface area contributed by atoms with Crippen molar-refractivity contribution in [1.82, 2.24) is 5.32 Å². The molecule has 0 spiro atoms. The lowest BCUT2D eigenvalue weighted by Gasteiger charge is -2.35. The van der Waals surface area contributed by atoms with E-state index in [4.69, 9.17) is 15.2 Å². The highest BCUT2D eigenvalue weighted by Gasteiger charge is 2.39. The van der Waals surface area contributed by atoms with Crippen molar-refractivity contribution >= 4 is 18.3 Å². The Morgan fingerprint density at radius 1 is 1.33 bits per heavy atom. The first kappa shape index (κ1) is 20.7. The highest BCUT2D eigenvalue weighted by atomic mass is 35.5. The van der Waals surface area contributed by atoms with Crippen LogP contribution in [0, 0.1) is 19.3 Å². The van der Waals surface area contributed by atoms with Gasteiger partial charge in [-0.15, -0.1) is 12.4 Å². The van der Waals surface area contributed by atoms with Gasteiger partial charge in [0, 0.05) is 19.8 Å². The maximum absolute atomic E-state index is 12.6. The van der Waals surface area contributed by atoms with E-state index in [9.17, 15) is 4.79 Å². The molecule has 0 saturated carbocycles. The van der Waals surface area contributed by atoms with Crippen LogP contribution in [0.4, 0.5) is 0 Å². The van der Waals surface area contributed by atoms with Gasteiger partial charge >= 0.3 is 0 Å². The molecule has 1 aliphatic rings. The molecule has 136 valence electrons. The summed E-state index contributed by atoms with van der Waals surface area (Å²) in [6, 6.07) is 5.99. The molecule has 2 rings (SSSR count). The standard InChI is InChI=1S/C18H28N2O3.ClH/c1-13-5-4-6-14(2)16(13)23-11-15(3)20-17(21)18(12-19)7-9-22-10-8-18;/h4-6,15H,7-12,19H2,1-3H3,(H,20,21);1H. The van der Waals surface area contributed by atoms with Gasteiger partial charge in [-0.2, -0.15) is 0 Å². The van der Waals surface area contributed by atoms with E-state index in [0.717, 1.165) is 16.9 Å². The van der Waals surface area contributed by atoms with Crippen molar-refractivity contribution in [3.05, 3.63) is 29.3 Å². The number of benzene rings is 1. The number of carbonyl (C=O) groups is 1. The fourth-order valence-corrected chi connectivity index (χ4v) is 2.94. The molecular weight excluding hydrogens is 328 g/mol. The van der Waals surface area contributed by atoms with Crippen molar-refractivity contribution in [3.63, 3.8) is 0 Å². The number of halogens is 1. The molecule has 1 amide bonds. The van der Waals surface area contributed by atoms with Crippen LogP contribution in [0.2, 0.25) is 0 Å². The summed E-state index contributed by atoms with van der Waals surface area (Å²) in [5.74, 6) is 0.911. The first-order chi connectivity index (χ1) is 11.0. The average Bonchev–Trinajstić information content (AvgIpc) is 2.55. The van der Waals surface area contributed by atoms with Crippen LogP contribution in [0.5, 0.6) is 5.75 Å². The van der Waals surface area contributed by atoms with Crippen LogP contribution >= 0.6 is 12.4 Å². The van der Waals surface area contributed by atoms with E-state index < -0.39 is 5.41 Å². The highest BCUT2D eigenvalue weighted by molar-refractivity contribution is 5.85. The maximum Gasteiger partial charge on any atom is 0.227 e. The molecule has 1 heterocycles. The molecule has 0 radical (unpaired) electrons. The Morgan fingerprint density at radius 2 is 1.92 bits per heavy atom. The molecule has 3 N–H and O–H groups in total. The third-order valence-electron chi connectivity index (χ3n) is 4.59. The zero-order valence-corrected chi connectivity index (χ0v) is 15.6. The topological polar surface area (TPSA) is 73.6 Å². The first-order valence-electron chi connectivity index (χ1n) is 8.26. The molecule has 5 nitrogen and oxygen atoms in total. The van der Waals surface area contributed by atoms with Crippen LogP contribution in [-0.2, 0) is 9.53 Å². The predicted octanol–water partition coefficient (Wildman–Crippen LogP) is 2.36. The van der Waals surface area contributed by atoms with Gasteiger partial charge in [0.25, 0.3) is 0 Å². The van der Waals surface area contributed by atoms with Crippen LogP contribution in [0.25, 0.3) is 0 Å². The fraction of sp³-hybridized carbons (Fsp3) is 0.611. The molecule has 24 heavy (non-hydrogen) atoms. The van der Waals surface area contributed by atoms with E-state index in [2.05, 4.69) is 5.32 Å². The highest BCUT2D eigenvalue weighted by Crippen LogP contribution is 2.29. The van der Waals surface area contributed by atoms with Gasteiger partial charge < -0.3 is 20.5 Å². The Labute approximate surface area is 150 Å². The molecule has 0 bridgehead atoms. The van der Waals surface area contributed by atoms with Crippen molar-refractivity contribution in [2.75, 3.05) is 26.4 Å². The predicted molar refractivity (Wildman–Crippen MR) is 97.8 cm³/mol. The molecule has 1 aliphatic heterocycles. The van der Waals surface area contributed by atoms with Gasteiger partial charge in [-0.05, 0) is 44.7 Å². The summed E-state index contributed by atoms with van der Waals surface area (Å²) in [5, 5.41) is 3.05. The third kappa shape index (κ3) is 4.85. The van der Waals surface area contributed by atoms with Crippen LogP contribution in [-0.4, -0.2) is 38.3 Å². The molecule has 1 atom stereocenters. The Balaban J connectivity index is 0.00000288. The number of ether oxygens (including phenoxy) is 2. The van der Waals surface area contributed by atoms with Crippen LogP contribution in [0.1, 0.15) is 30.9 Å². The van der Waals surface area contributed by atoms with Gasteiger partial charge in [-0.25, -0.2) is 0 Å². The number of amides is 1. The summed E-state index contributed by atoms with van der Waals surface area (Å²) in [5.41, 5.74) is 7.58. The Morgan fingerprint density at radius 3 is 2.46 bits per heavy atom. The van der Waals surface area contributed by atoms with E-state index >= 15 is 0 Å². The number of hydrogen-bond donors (Lipinski definition) is 2. The zero-order valence-electron chi connectivity index (χ0n) is 14.8. The Bertz CT molecular complexity index is 525. The van der Waals surface area contributed by atoms with Crippen LogP contribution in [0.3, 0.4) is 0 Å². The summed E-state index contributed by atoms with van der Waals surface area (Å²) in [7, 11) is 0. The van der Waals surface area contributed by atoms with Crippen molar-refractivity contribution in [1.29, 1.82) is 0 Å². The Kier molecular flexibility index (Phi) is 8.00. The summed E-state index contributed by atoms with van der Waals surface area (Å²) >= 11 is 0. The minimum absolute atomic E-state index is 0. The smallest absolute Gasteiger partial charge is 0.227 e. The summed E-state index contributed by atoms with van der Waals surface area (Å²) in [6.45, 7) is 7.99. The molecule has 6 heteroatoms.